The molecular weight excluding hydrogens is 354 g/mol. The summed E-state index contributed by atoms with van der Waals surface area (Å²) in [7, 11) is 0. The maximum atomic E-state index is 12.4. The third-order valence-electron chi connectivity index (χ3n) is 4.30. The molecule has 3 rings (SSSR count). The average Bonchev–Trinajstić information content (AvgIpc) is 3.26. The van der Waals surface area contributed by atoms with Gasteiger partial charge in [0.2, 0.25) is 5.91 Å². The molecule has 1 saturated heterocycles. The van der Waals surface area contributed by atoms with Crippen LogP contribution in [0.25, 0.3) is 0 Å². The number of aromatic nitrogens is 2. The number of likely N-dealkylation sites (N-methyl/N-ethyl adjacent to an activating group) is 1. The van der Waals surface area contributed by atoms with E-state index in [2.05, 4.69) is 20.6 Å². The molecular formula is C17H21N5O3S. The highest BCUT2D eigenvalue weighted by Gasteiger charge is 2.37. The molecule has 0 unspecified atom stereocenters. The SMILES string of the molecule is CCNC(=O)[C@@H]1C[C@H](NC(=O)c2ccc[nH]c2=O)CN1Cc1cscn1. The number of carbonyl (C=O) groups excluding carboxylic acids is 2. The standard InChI is InChI=1S/C17H21N5O3S/c1-2-18-17(25)14-6-11(7-22(14)8-12-9-26-10-20-12)21-16(24)13-4-3-5-19-15(13)23/h3-5,9-11,14H,2,6-8H2,1H3,(H,18,25)(H,19,23)(H,21,24)/t11-,14-/m0/s1. The predicted molar refractivity (Wildman–Crippen MR) is 97.9 cm³/mol. The van der Waals surface area contributed by atoms with E-state index in [1.54, 1.807) is 11.6 Å². The number of carbonyl (C=O) groups is 2. The van der Waals surface area contributed by atoms with E-state index in [0.717, 1.165) is 5.69 Å². The number of aromatic amines is 1. The first kappa shape index (κ1) is 18.3. The quantitative estimate of drug-likeness (QED) is 0.675. The molecule has 2 aromatic heterocycles. The average molecular weight is 375 g/mol. The van der Waals surface area contributed by atoms with Crippen LogP contribution in [0.3, 0.4) is 0 Å². The lowest BCUT2D eigenvalue weighted by molar-refractivity contribution is -0.125. The Labute approximate surface area is 154 Å². The van der Waals surface area contributed by atoms with Gasteiger partial charge in [0.05, 0.1) is 17.2 Å². The third kappa shape index (κ3) is 4.17. The van der Waals surface area contributed by atoms with Gasteiger partial charge < -0.3 is 15.6 Å². The Hall–Kier alpha value is -2.52. The normalized spacial score (nSPS) is 20.0. The van der Waals surface area contributed by atoms with Gasteiger partial charge in [-0.3, -0.25) is 19.3 Å². The molecule has 0 saturated carbocycles. The van der Waals surface area contributed by atoms with E-state index < -0.39 is 11.5 Å². The van der Waals surface area contributed by atoms with Gasteiger partial charge in [0, 0.05) is 37.3 Å². The zero-order chi connectivity index (χ0) is 18.5. The number of thiazole rings is 1. The van der Waals surface area contributed by atoms with Crippen molar-refractivity contribution in [2.45, 2.75) is 32.0 Å². The summed E-state index contributed by atoms with van der Waals surface area (Å²) in [6.07, 6.45) is 1.97. The zero-order valence-corrected chi connectivity index (χ0v) is 15.2. The second kappa shape index (κ2) is 8.24. The van der Waals surface area contributed by atoms with Gasteiger partial charge in [-0.1, -0.05) is 0 Å². The van der Waals surface area contributed by atoms with Crippen molar-refractivity contribution in [1.82, 2.24) is 25.5 Å². The van der Waals surface area contributed by atoms with Crippen molar-refractivity contribution in [2.24, 2.45) is 0 Å². The molecule has 3 heterocycles. The molecule has 1 fully saturated rings. The zero-order valence-electron chi connectivity index (χ0n) is 14.4. The van der Waals surface area contributed by atoms with Crippen LogP contribution in [0, 0.1) is 0 Å². The van der Waals surface area contributed by atoms with E-state index in [1.807, 2.05) is 17.2 Å². The monoisotopic (exact) mass is 375 g/mol. The highest BCUT2D eigenvalue weighted by atomic mass is 32.1. The summed E-state index contributed by atoms with van der Waals surface area (Å²) in [5, 5.41) is 7.67. The molecule has 0 radical (unpaired) electrons. The van der Waals surface area contributed by atoms with Crippen LogP contribution >= 0.6 is 11.3 Å². The minimum Gasteiger partial charge on any atom is -0.355 e. The maximum Gasteiger partial charge on any atom is 0.260 e. The number of nitrogens with one attached hydrogen (secondary N) is 3. The second-order valence-electron chi connectivity index (χ2n) is 6.14. The molecule has 138 valence electrons. The van der Waals surface area contributed by atoms with Crippen LogP contribution in [0.2, 0.25) is 0 Å². The maximum absolute atomic E-state index is 12.4. The van der Waals surface area contributed by atoms with Gasteiger partial charge in [0.15, 0.2) is 0 Å². The lowest BCUT2D eigenvalue weighted by Crippen LogP contribution is -2.42. The number of pyridine rings is 1. The Balaban J connectivity index is 1.70. The molecule has 1 aliphatic heterocycles. The van der Waals surface area contributed by atoms with Crippen LogP contribution in [-0.2, 0) is 11.3 Å². The fourth-order valence-electron chi connectivity index (χ4n) is 3.13. The van der Waals surface area contributed by atoms with Crippen molar-refractivity contribution >= 4 is 23.2 Å². The summed E-state index contributed by atoms with van der Waals surface area (Å²) in [6.45, 7) is 3.49. The first-order valence-corrected chi connectivity index (χ1v) is 9.40. The van der Waals surface area contributed by atoms with Crippen LogP contribution in [0.5, 0.6) is 0 Å². The molecule has 3 N–H and O–H groups in total. The molecule has 2 atom stereocenters. The highest BCUT2D eigenvalue weighted by molar-refractivity contribution is 7.07. The van der Waals surface area contributed by atoms with E-state index in [1.165, 1.54) is 23.6 Å². The van der Waals surface area contributed by atoms with Crippen molar-refractivity contribution in [1.29, 1.82) is 0 Å². The second-order valence-corrected chi connectivity index (χ2v) is 6.86. The van der Waals surface area contributed by atoms with Crippen molar-refractivity contribution in [3.63, 3.8) is 0 Å². The van der Waals surface area contributed by atoms with E-state index in [4.69, 9.17) is 0 Å². The van der Waals surface area contributed by atoms with Gasteiger partial charge >= 0.3 is 0 Å². The first-order valence-electron chi connectivity index (χ1n) is 8.46. The molecule has 0 bridgehead atoms. The van der Waals surface area contributed by atoms with Crippen LogP contribution in [-0.4, -0.2) is 51.9 Å². The van der Waals surface area contributed by atoms with Gasteiger partial charge in [-0.25, -0.2) is 4.98 Å². The number of hydrogen-bond donors (Lipinski definition) is 3. The largest absolute Gasteiger partial charge is 0.355 e. The van der Waals surface area contributed by atoms with Crippen LogP contribution in [0.4, 0.5) is 0 Å². The Kier molecular flexibility index (Phi) is 5.79. The molecule has 0 spiro atoms. The Morgan fingerprint density at radius 3 is 3.00 bits per heavy atom. The molecule has 9 heteroatoms. The molecule has 26 heavy (non-hydrogen) atoms. The van der Waals surface area contributed by atoms with Gasteiger partial charge in [0.1, 0.15) is 5.56 Å². The van der Waals surface area contributed by atoms with Gasteiger partial charge in [-0.2, -0.15) is 0 Å². The van der Waals surface area contributed by atoms with E-state index in [-0.39, 0.29) is 23.6 Å². The van der Waals surface area contributed by atoms with E-state index in [0.29, 0.717) is 26.1 Å². The van der Waals surface area contributed by atoms with Crippen LogP contribution in [0.1, 0.15) is 29.4 Å². The topological polar surface area (TPSA) is 107 Å². The smallest absolute Gasteiger partial charge is 0.260 e. The van der Waals surface area contributed by atoms with Crippen molar-refractivity contribution in [2.75, 3.05) is 13.1 Å². The van der Waals surface area contributed by atoms with Crippen molar-refractivity contribution < 1.29 is 9.59 Å². The molecule has 2 amide bonds. The lowest BCUT2D eigenvalue weighted by atomic mass is 10.1. The Morgan fingerprint density at radius 1 is 1.46 bits per heavy atom. The number of hydrogen-bond acceptors (Lipinski definition) is 6. The highest BCUT2D eigenvalue weighted by Crippen LogP contribution is 2.21. The number of nitrogens with zero attached hydrogens (tertiary/aromatic N) is 2. The van der Waals surface area contributed by atoms with Gasteiger partial charge in [-0.05, 0) is 25.5 Å². The summed E-state index contributed by atoms with van der Waals surface area (Å²) >= 11 is 1.51. The minimum atomic E-state index is -0.429. The fourth-order valence-corrected chi connectivity index (χ4v) is 3.68. The third-order valence-corrected chi connectivity index (χ3v) is 4.94. The van der Waals surface area contributed by atoms with Crippen molar-refractivity contribution in [3.05, 3.63) is 50.8 Å². The fraction of sp³-hybridized carbons (Fsp3) is 0.412. The van der Waals surface area contributed by atoms with Gasteiger partial charge in [-0.15, -0.1) is 11.3 Å². The van der Waals surface area contributed by atoms with Crippen LogP contribution in [0.15, 0.2) is 34.0 Å². The lowest BCUT2D eigenvalue weighted by Gasteiger charge is -2.22. The summed E-state index contributed by atoms with van der Waals surface area (Å²) < 4.78 is 0. The van der Waals surface area contributed by atoms with Gasteiger partial charge in [0.25, 0.3) is 11.5 Å². The van der Waals surface area contributed by atoms with Crippen LogP contribution < -0.4 is 16.2 Å². The number of rotatable bonds is 6. The minimum absolute atomic E-state index is 0.0583. The summed E-state index contributed by atoms with van der Waals surface area (Å²) in [6, 6.07) is 2.54. The molecule has 0 aliphatic carbocycles. The number of H-pyrrole nitrogens is 1. The summed E-state index contributed by atoms with van der Waals surface area (Å²) in [5.41, 5.74) is 2.30. The number of amides is 2. The summed E-state index contributed by atoms with van der Waals surface area (Å²) in [4.78, 5) is 45.3. The van der Waals surface area contributed by atoms with E-state index in [9.17, 15) is 14.4 Å². The first-order chi connectivity index (χ1) is 12.6. The summed E-state index contributed by atoms with van der Waals surface area (Å²) in [5.74, 6) is -0.487. The Morgan fingerprint density at radius 2 is 2.31 bits per heavy atom. The molecule has 0 aromatic carbocycles. The Bertz CT molecular complexity index is 820. The molecule has 1 aliphatic rings. The molecule has 8 nitrogen and oxygen atoms in total. The van der Waals surface area contributed by atoms with Crippen molar-refractivity contribution in [3.8, 4) is 0 Å². The molecule has 2 aromatic rings. The predicted octanol–water partition coefficient (Wildman–Crippen LogP) is 0.340. The number of likely N-dealkylation sites (tertiary alicyclic amines) is 1. The van der Waals surface area contributed by atoms with E-state index >= 15 is 0 Å².